The van der Waals surface area contributed by atoms with Crippen molar-refractivity contribution in [1.29, 1.82) is 5.26 Å². The molecule has 6 nitrogen and oxygen atoms in total. The second-order valence-corrected chi connectivity index (χ2v) is 5.59. The molecule has 1 aromatic heterocycles. The van der Waals surface area contributed by atoms with Gasteiger partial charge in [0.25, 0.3) is 5.56 Å². The average molecular weight is 368 g/mol. The Hall–Kier alpha value is -2.98. The van der Waals surface area contributed by atoms with Crippen LogP contribution in [0, 0.1) is 11.3 Å². The summed E-state index contributed by atoms with van der Waals surface area (Å²) < 4.78 is 0.895. The molecule has 1 heterocycles. The lowest BCUT2D eigenvalue weighted by atomic mass is 10.1. The molecule has 0 atom stereocenters. The van der Waals surface area contributed by atoms with Gasteiger partial charge in [-0.3, -0.25) is 15.0 Å². The first-order valence-electron chi connectivity index (χ1n) is 6.66. The summed E-state index contributed by atoms with van der Waals surface area (Å²) in [5.41, 5.74) is 2.33. The van der Waals surface area contributed by atoms with Gasteiger partial charge in [-0.25, -0.2) is 0 Å². The predicted molar refractivity (Wildman–Crippen MR) is 89.9 cm³/mol. The fourth-order valence-corrected chi connectivity index (χ4v) is 2.41. The highest BCUT2D eigenvalue weighted by Gasteiger charge is 2.11. The molecule has 0 saturated carbocycles. The fraction of sp³-hybridized carbons (Fsp3) is 0. The summed E-state index contributed by atoms with van der Waals surface area (Å²) in [6.07, 6.45) is 0. The number of halogens is 1. The zero-order valence-electron chi connectivity index (χ0n) is 11.7. The van der Waals surface area contributed by atoms with Gasteiger partial charge in [0.15, 0.2) is 5.69 Å². The Kier molecular flexibility index (Phi) is 4.17. The predicted octanol–water partition coefficient (Wildman–Crippen LogP) is 4.42. The molecule has 2 aromatic carbocycles. The van der Waals surface area contributed by atoms with E-state index < -0.39 is 0 Å². The van der Waals surface area contributed by atoms with E-state index in [0.29, 0.717) is 16.9 Å². The Morgan fingerprint density at radius 3 is 2.52 bits per heavy atom. The molecule has 0 aliphatic rings. The highest BCUT2D eigenvalue weighted by molar-refractivity contribution is 9.10. The molecule has 0 radical (unpaired) electrons. The summed E-state index contributed by atoms with van der Waals surface area (Å²) in [5, 5.41) is 22.2. The molecular weight excluding hydrogens is 358 g/mol. The highest BCUT2D eigenvalue weighted by atomic mass is 79.9. The number of H-pyrrole nitrogens is 2. The standard InChI is InChI=1S/C16H10BrN5O/c17-12-3-1-2-11(8-12)14-15(16(23)22-20-14)21-19-13-6-4-10(9-18)5-7-13/h1-8H,(H2,20,22,23). The molecule has 3 aromatic rings. The molecule has 3 rings (SSSR count). The second-order valence-electron chi connectivity index (χ2n) is 4.67. The number of rotatable bonds is 3. The van der Waals surface area contributed by atoms with Crippen LogP contribution in [-0.4, -0.2) is 10.2 Å². The molecule has 0 unspecified atom stereocenters. The van der Waals surface area contributed by atoms with Gasteiger partial charge in [0.1, 0.15) is 0 Å². The minimum absolute atomic E-state index is 0.201. The smallest absolute Gasteiger partial charge is 0.292 e. The SMILES string of the molecule is N#Cc1ccc(N=Nc2c(-c3cccc(Br)c3)[nH][nH]c2=O)cc1. The Morgan fingerprint density at radius 2 is 1.83 bits per heavy atom. The van der Waals surface area contributed by atoms with Gasteiger partial charge in [-0.1, -0.05) is 28.1 Å². The molecule has 0 fully saturated rings. The lowest BCUT2D eigenvalue weighted by Gasteiger charge is -1.99. The van der Waals surface area contributed by atoms with Crippen LogP contribution in [0.1, 0.15) is 5.56 Å². The first-order chi connectivity index (χ1) is 11.2. The molecule has 0 bridgehead atoms. The number of azo groups is 1. The van der Waals surface area contributed by atoms with Crippen molar-refractivity contribution in [3.8, 4) is 17.3 Å². The molecule has 2 N–H and O–H groups in total. The van der Waals surface area contributed by atoms with E-state index >= 15 is 0 Å². The van der Waals surface area contributed by atoms with Crippen molar-refractivity contribution in [2.75, 3.05) is 0 Å². The largest absolute Gasteiger partial charge is 0.295 e. The normalized spacial score (nSPS) is 10.8. The topological polar surface area (TPSA) is 97.2 Å². The maximum absolute atomic E-state index is 11.9. The molecule has 23 heavy (non-hydrogen) atoms. The maximum atomic E-state index is 11.9. The van der Waals surface area contributed by atoms with Crippen molar-refractivity contribution >= 4 is 27.3 Å². The lowest BCUT2D eigenvalue weighted by molar-refractivity contribution is 1.06. The van der Waals surface area contributed by atoms with Gasteiger partial charge in [0.2, 0.25) is 0 Å². The Labute approximate surface area is 139 Å². The van der Waals surface area contributed by atoms with Crippen LogP contribution in [0.3, 0.4) is 0 Å². The fourth-order valence-electron chi connectivity index (χ4n) is 2.01. The third-order valence-electron chi connectivity index (χ3n) is 3.13. The van der Waals surface area contributed by atoms with E-state index in [9.17, 15) is 4.79 Å². The van der Waals surface area contributed by atoms with Crippen LogP contribution in [-0.2, 0) is 0 Å². The van der Waals surface area contributed by atoms with Crippen molar-refractivity contribution in [3.05, 3.63) is 68.9 Å². The van der Waals surface area contributed by atoms with Crippen molar-refractivity contribution in [2.24, 2.45) is 10.2 Å². The zero-order chi connectivity index (χ0) is 16.2. The molecular formula is C16H10BrN5O. The Bertz CT molecular complexity index is 963. The second kappa shape index (κ2) is 6.42. The Morgan fingerprint density at radius 1 is 1.04 bits per heavy atom. The summed E-state index contributed by atoms with van der Waals surface area (Å²) >= 11 is 3.40. The van der Waals surface area contributed by atoms with Gasteiger partial charge in [-0.15, -0.1) is 5.11 Å². The molecule has 0 spiro atoms. The summed E-state index contributed by atoms with van der Waals surface area (Å²) in [6, 6.07) is 16.2. The molecule has 0 aliphatic carbocycles. The van der Waals surface area contributed by atoms with Crippen molar-refractivity contribution in [2.45, 2.75) is 0 Å². The minimum Gasteiger partial charge on any atom is -0.295 e. The van der Waals surface area contributed by atoms with E-state index in [1.165, 1.54) is 0 Å². The molecule has 0 amide bonds. The highest BCUT2D eigenvalue weighted by Crippen LogP contribution is 2.28. The summed E-state index contributed by atoms with van der Waals surface area (Å²) in [6.45, 7) is 0. The monoisotopic (exact) mass is 367 g/mol. The number of nitrogens with zero attached hydrogens (tertiary/aromatic N) is 3. The molecule has 112 valence electrons. The van der Waals surface area contributed by atoms with Gasteiger partial charge < -0.3 is 0 Å². The van der Waals surface area contributed by atoms with Crippen molar-refractivity contribution < 1.29 is 0 Å². The number of aromatic amines is 2. The Balaban J connectivity index is 1.97. The minimum atomic E-state index is -0.350. The number of benzene rings is 2. The average Bonchev–Trinajstić information content (AvgIpc) is 2.94. The molecule has 0 saturated heterocycles. The van der Waals surface area contributed by atoms with E-state index in [2.05, 4.69) is 36.4 Å². The van der Waals surface area contributed by atoms with Crippen LogP contribution < -0.4 is 5.56 Å². The quantitative estimate of drug-likeness (QED) is 0.669. The van der Waals surface area contributed by atoms with Gasteiger partial charge in [0, 0.05) is 10.0 Å². The van der Waals surface area contributed by atoms with Crippen LogP contribution in [0.15, 0.2) is 68.0 Å². The molecule has 0 aliphatic heterocycles. The first-order valence-corrected chi connectivity index (χ1v) is 7.45. The van der Waals surface area contributed by atoms with Gasteiger partial charge >= 0.3 is 0 Å². The number of hydrogen-bond donors (Lipinski definition) is 2. The summed E-state index contributed by atoms with van der Waals surface area (Å²) in [5.74, 6) is 0. The van der Waals surface area contributed by atoms with E-state index in [-0.39, 0.29) is 11.2 Å². The van der Waals surface area contributed by atoms with Crippen LogP contribution in [0.4, 0.5) is 11.4 Å². The van der Waals surface area contributed by atoms with Gasteiger partial charge in [0.05, 0.1) is 23.0 Å². The molecule has 7 heteroatoms. The summed E-state index contributed by atoms with van der Waals surface area (Å²) in [7, 11) is 0. The number of nitriles is 1. The van der Waals surface area contributed by atoms with Crippen LogP contribution in [0.5, 0.6) is 0 Å². The van der Waals surface area contributed by atoms with E-state index in [1.54, 1.807) is 24.3 Å². The van der Waals surface area contributed by atoms with Crippen LogP contribution >= 0.6 is 15.9 Å². The van der Waals surface area contributed by atoms with E-state index in [0.717, 1.165) is 10.0 Å². The van der Waals surface area contributed by atoms with Crippen molar-refractivity contribution in [3.63, 3.8) is 0 Å². The lowest BCUT2D eigenvalue weighted by Crippen LogP contribution is -1.96. The summed E-state index contributed by atoms with van der Waals surface area (Å²) in [4.78, 5) is 11.9. The zero-order valence-corrected chi connectivity index (χ0v) is 13.3. The third-order valence-corrected chi connectivity index (χ3v) is 3.62. The van der Waals surface area contributed by atoms with Crippen LogP contribution in [0.25, 0.3) is 11.3 Å². The third kappa shape index (κ3) is 3.27. The maximum Gasteiger partial charge on any atom is 0.292 e. The van der Waals surface area contributed by atoms with Crippen molar-refractivity contribution in [1.82, 2.24) is 10.2 Å². The van der Waals surface area contributed by atoms with Gasteiger partial charge in [-0.05, 0) is 36.4 Å². The van der Waals surface area contributed by atoms with E-state index in [4.69, 9.17) is 5.26 Å². The number of hydrogen-bond acceptors (Lipinski definition) is 4. The number of nitrogens with one attached hydrogen (secondary N) is 2. The van der Waals surface area contributed by atoms with Crippen LogP contribution in [0.2, 0.25) is 0 Å². The first kappa shape index (κ1) is 14.9. The van der Waals surface area contributed by atoms with E-state index in [1.807, 2.05) is 30.3 Å². The number of aromatic nitrogens is 2. The van der Waals surface area contributed by atoms with Gasteiger partial charge in [-0.2, -0.15) is 10.4 Å².